The summed E-state index contributed by atoms with van der Waals surface area (Å²) >= 11 is 1.27. The first-order valence-corrected chi connectivity index (χ1v) is 18.9. The number of carbonyl (C=O) groups excluding carboxylic acids is 2. The van der Waals surface area contributed by atoms with Crippen LogP contribution >= 0.6 is 11.3 Å². The normalized spacial score (nSPS) is 13.2. The third-order valence-corrected chi connectivity index (χ3v) is 9.98. The van der Waals surface area contributed by atoms with Gasteiger partial charge in [-0.1, -0.05) is 62.6 Å². The quantitative estimate of drug-likeness (QED) is 0.105. The molecule has 11 heteroatoms. The Balaban J connectivity index is 1.11. The first-order valence-electron chi connectivity index (χ1n) is 18.1. The van der Waals surface area contributed by atoms with Gasteiger partial charge in [0.25, 0.3) is 5.91 Å². The van der Waals surface area contributed by atoms with E-state index in [1.54, 1.807) is 31.4 Å². The van der Waals surface area contributed by atoms with Gasteiger partial charge >= 0.3 is 6.03 Å². The molecule has 3 aromatic carbocycles. The summed E-state index contributed by atoms with van der Waals surface area (Å²) in [4.78, 5) is 34.5. The molecule has 0 aliphatic carbocycles. The maximum absolute atomic E-state index is 13.6. The number of hydrogen-bond donors (Lipinski definition) is 2. The molecule has 0 spiro atoms. The van der Waals surface area contributed by atoms with Crippen LogP contribution in [0.25, 0.3) is 16.6 Å². The molecule has 0 radical (unpaired) electrons. The van der Waals surface area contributed by atoms with Crippen molar-refractivity contribution in [2.45, 2.75) is 65.3 Å². The zero-order chi connectivity index (χ0) is 35.6. The summed E-state index contributed by atoms with van der Waals surface area (Å²) in [5.41, 5.74) is 4.66. The van der Waals surface area contributed by atoms with Crippen LogP contribution in [0.2, 0.25) is 0 Å². The Hall–Kier alpha value is -4.87. The molecule has 5 aromatic rings. The number of nitrogens with one attached hydrogen (secondary N) is 2. The van der Waals surface area contributed by atoms with Crippen molar-refractivity contribution in [1.82, 2.24) is 19.8 Å². The highest BCUT2D eigenvalue weighted by atomic mass is 32.1. The molecule has 0 bridgehead atoms. The number of para-hydroxylation sites is 1. The lowest BCUT2D eigenvalue weighted by molar-refractivity contribution is 0.0993. The highest BCUT2D eigenvalue weighted by Crippen LogP contribution is 2.38. The van der Waals surface area contributed by atoms with E-state index < -0.39 is 0 Å². The Labute approximate surface area is 304 Å². The second-order valence-electron chi connectivity index (χ2n) is 13.0. The van der Waals surface area contributed by atoms with Gasteiger partial charge in [-0.15, -0.1) is 0 Å². The van der Waals surface area contributed by atoms with Crippen molar-refractivity contribution in [3.8, 4) is 22.2 Å². The fourth-order valence-electron chi connectivity index (χ4n) is 6.30. The van der Waals surface area contributed by atoms with Crippen LogP contribution in [0, 0.1) is 0 Å². The van der Waals surface area contributed by atoms with E-state index in [-0.39, 0.29) is 11.9 Å². The van der Waals surface area contributed by atoms with Crippen LogP contribution in [0.15, 0.2) is 79.1 Å². The minimum absolute atomic E-state index is 0.166. The maximum atomic E-state index is 13.6. The largest absolute Gasteiger partial charge is 0.490 e. The number of amides is 3. The molecule has 10 nitrogen and oxygen atoms in total. The number of ether oxygens (including phenoxy) is 2. The van der Waals surface area contributed by atoms with Crippen molar-refractivity contribution in [2.24, 2.45) is 0 Å². The number of fused-ring (bicyclic) bond motifs is 1. The molecule has 3 heterocycles. The SMILES string of the molecule is CCCCCNC(=O)Nc1ccc(Oc2cnc(N(C)C(=O)c3ccc(-n4cc(CN5CCCCC5)c5ccccc54)cc3)s2)c(OCCC)c1. The van der Waals surface area contributed by atoms with E-state index in [0.717, 1.165) is 56.5 Å². The molecule has 0 saturated carbocycles. The van der Waals surface area contributed by atoms with Gasteiger partial charge in [0.1, 0.15) is 0 Å². The van der Waals surface area contributed by atoms with Crippen LogP contribution in [-0.2, 0) is 6.54 Å². The Morgan fingerprint density at radius 3 is 2.53 bits per heavy atom. The molecule has 1 fully saturated rings. The van der Waals surface area contributed by atoms with Crippen LogP contribution < -0.4 is 25.0 Å². The average molecular weight is 709 g/mol. The summed E-state index contributed by atoms with van der Waals surface area (Å²) < 4.78 is 14.4. The molecule has 51 heavy (non-hydrogen) atoms. The third-order valence-electron chi connectivity index (χ3n) is 9.03. The van der Waals surface area contributed by atoms with Gasteiger partial charge in [0, 0.05) is 54.7 Å². The second-order valence-corrected chi connectivity index (χ2v) is 13.9. The molecule has 2 N–H and O–H groups in total. The first kappa shape index (κ1) is 35.9. The number of urea groups is 1. The minimum Gasteiger partial charge on any atom is -0.490 e. The molecule has 0 unspecified atom stereocenters. The predicted octanol–water partition coefficient (Wildman–Crippen LogP) is 9.24. The summed E-state index contributed by atoms with van der Waals surface area (Å²) in [6.45, 7) is 8.52. The Kier molecular flexibility index (Phi) is 12.2. The number of thiazole rings is 1. The molecular weight excluding hydrogens is 661 g/mol. The van der Waals surface area contributed by atoms with Gasteiger partial charge in [0.15, 0.2) is 16.6 Å². The van der Waals surface area contributed by atoms with Crippen molar-refractivity contribution in [3.63, 3.8) is 0 Å². The minimum atomic E-state index is -0.258. The Morgan fingerprint density at radius 2 is 1.75 bits per heavy atom. The smallest absolute Gasteiger partial charge is 0.319 e. The van der Waals surface area contributed by atoms with Gasteiger partial charge in [-0.3, -0.25) is 14.6 Å². The highest BCUT2D eigenvalue weighted by Gasteiger charge is 2.20. The Bertz CT molecular complexity index is 1910. The van der Waals surface area contributed by atoms with Crippen LogP contribution in [0.4, 0.5) is 15.6 Å². The topological polar surface area (TPSA) is 101 Å². The van der Waals surface area contributed by atoms with Gasteiger partial charge in [0.05, 0.1) is 18.3 Å². The molecule has 1 saturated heterocycles. The fourth-order valence-corrected chi connectivity index (χ4v) is 7.04. The summed E-state index contributed by atoms with van der Waals surface area (Å²) in [7, 11) is 1.72. The maximum Gasteiger partial charge on any atom is 0.319 e. The van der Waals surface area contributed by atoms with E-state index in [9.17, 15) is 9.59 Å². The molecule has 268 valence electrons. The first-order chi connectivity index (χ1) is 24.9. The van der Waals surface area contributed by atoms with E-state index in [1.165, 1.54) is 46.4 Å². The number of likely N-dealkylation sites (tertiary alicyclic amines) is 1. The number of aromatic nitrogens is 2. The zero-order valence-electron chi connectivity index (χ0n) is 29.8. The van der Waals surface area contributed by atoms with Crippen LogP contribution in [0.1, 0.15) is 74.7 Å². The number of hydrogen-bond acceptors (Lipinski definition) is 7. The van der Waals surface area contributed by atoms with Gasteiger partial charge in [-0.05, 0) is 86.8 Å². The molecule has 3 amide bonds. The van der Waals surface area contributed by atoms with Crippen molar-refractivity contribution in [2.75, 3.05) is 43.5 Å². The zero-order valence-corrected chi connectivity index (χ0v) is 30.6. The lowest BCUT2D eigenvalue weighted by Gasteiger charge is -2.26. The number of anilines is 2. The molecule has 1 aliphatic heterocycles. The monoisotopic (exact) mass is 708 g/mol. The van der Waals surface area contributed by atoms with E-state index in [0.29, 0.717) is 46.1 Å². The summed E-state index contributed by atoms with van der Waals surface area (Å²) in [6.07, 6.45) is 11.6. The second kappa shape index (κ2) is 17.4. The molecule has 2 aromatic heterocycles. The Morgan fingerprint density at radius 1 is 0.941 bits per heavy atom. The van der Waals surface area contributed by atoms with Crippen molar-refractivity contribution in [1.29, 1.82) is 0 Å². The van der Waals surface area contributed by atoms with Crippen LogP contribution in [0.3, 0.4) is 0 Å². The molecule has 0 atom stereocenters. The summed E-state index contributed by atoms with van der Waals surface area (Å²) in [5.74, 6) is 0.837. The number of piperidine rings is 1. The predicted molar refractivity (Wildman–Crippen MR) is 206 cm³/mol. The van der Waals surface area contributed by atoms with Crippen molar-refractivity contribution < 1.29 is 19.1 Å². The fraction of sp³-hybridized carbons (Fsp3) is 0.375. The molecule has 1 aliphatic rings. The van der Waals surface area contributed by atoms with Gasteiger partial charge in [0.2, 0.25) is 5.06 Å². The van der Waals surface area contributed by atoms with E-state index in [4.69, 9.17) is 9.47 Å². The van der Waals surface area contributed by atoms with Crippen LogP contribution in [-0.4, -0.2) is 59.7 Å². The van der Waals surface area contributed by atoms with E-state index in [2.05, 4.69) is 62.5 Å². The lowest BCUT2D eigenvalue weighted by atomic mass is 10.1. The number of unbranched alkanes of at least 4 members (excludes halogenated alkanes) is 2. The van der Waals surface area contributed by atoms with Crippen molar-refractivity contribution in [3.05, 3.63) is 90.3 Å². The number of nitrogens with zero attached hydrogens (tertiary/aromatic N) is 4. The number of benzene rings is 3. The van der Waals surface area contributed by atoms with Gasteiger partial charge < -0.3 is 24.7 Å². The van der Waals surface area contributed by atoms with Gasteiger partial charge in [-0.2, -0.15) is 0 Å². The number of rotatable bonds is 15. The lowest BCUT2D eigenvalue weighted by Crippen LogP contribution is -2.29. The van der Waals surface area contributed by atoms with E-state index in [1.807, 2.05) is 31.2 Å². The molecular formula is C40H48N6O4S. The average Bonchev–Trinajstić information content (AvgIpc) is 3.78. The standard InChI is InChI=1S/C40H48N6O4S/c1-4-6-10-21-41-39(48)43-31-17-20-35(36(25-31)49-24-5-2)50-37-26-42-40(51-37)44(3)38(47)29-15-18-32(19-16-29)46-28-30(27-45-22-11-7-12-23-45)33-13-8-9-14-34(33)46/h8-9,13-20,25-26,28H,4-7,10-12,21-24,27H2,1-3H3,(H2,41,43,48). The summed E-state index contributed by atoms with van der Waals surface area (Å²) in [5, 5.41) is 8.03. The van der Waals surface area contributed by atoms with Crippen LogP contribution in [0.5, 0.6) is 16.6 Å². The molecule has 6 rings (SSSR count). The third kappa shape index (κ3) is 9.08. The van der Waals surface area contributed by atoms with Crippen molar-refractivity contribution >= 4 is 45.0 Å². The summed E-state index contributed by atoms with van der Waals surface area (Å²) in [6, 6.07) is 21.3. The van der Waals surface area contributed by atoms with E-state index >= 15 is 0 Å². The number of carbonyl (C=O) groups is 2. The van der Waals surface area contributed by atoms with Gasteiger partial charge in [-0.25, -0.2) is 9.78 Å². The highest BCUT2D eigenvalue weighted by molar-refractivity contribution is 7.17.